The van der Waals surface area contributed by atoms with Crippen molar-refractivity contribution in [2.45, 2.75) is 6.42 Å². The second-order valence-electron chi connectivity index (χ2n) is 3.05. The van der Waals surface area contributed by atoms with E-state index in [1.807, 2.05) is 0 Å². The maximum absolute atomic E-state index is 10.7. The number of non-ortho nitro benzene ring substituents is 1. The molecular weight excluding hydrogens is 246 g/mol. The first-order valence-electron chi connectivity index (χ1n) is 4.80. The highest BCUT2D eigenvalue weighted by Crippen LogP contribution is 2.12. The molecule has 0 aliphatic rings. The van der Waals surface area contributed by atoms with Gasteiger partial charge in [0.05, 0.1) is 11.5 Å². The highest BCUT2D eigenvalue weighted by atomic mass is 17.2. The number of hydrogen-bond donors (Lipinski definition) is 0. The highest BCUT2D eigenvalue weighted by Gasteiger charge is 2.06. The topological polar surface area (TPSA) is 105 Å². The first-order chi connectivity index (χ1) is 8.63. The van der Waals surface area contributed by atoms with Crippen molar-refractivity contribution in [1.82, 2.24) is 0 Å². The van der Waals surface area contributed by atoms with E-state index in [0.717, 1.165) is 5.56 Å². The van der Waals surface area contributed by atoms with Crippen LogP contribution in [0.4, 0.5) is 10.5 Å². The number of hydrogen-bond acceptors (Lipinski definition) is 7. The third-order valence-electron chi connectivity index (χ3n) is 1.91. The van der Waals surface area contributed by atoms with Gasteiger partial charge in [0.2, 0.25) is 0 Å². The number of rotatable bonds is 6. The van der Waals surface area contributed by atoms with Crippen LogP contribution >= 0.6 is 0 Å². The van der Waals surface area contributed by atoms with Gasteiger partial charge in [0.25, 0.3) is 5.69 Å². The van der Waals surface area contributed by atoms with Gasteiger partial charge in [-0.05, 0) is 5.56 Å². The Balaban J connectivity index is 2.33. The van der Waals surface area contributed by atoms with Gasteiger partial charge in [0.15, 0.2) is 0 Å². The molecule has 0 saturated carbocycles. The molecule has 0 aliphatic carbocycles. The Morgan fingerprint density at radius 1 is 1.33 bits per heavy atom. The van der Waals surface area contributed by atoms with Crippen molar-refractivity contribution < 1.29 is 29.0 Å². The van der Waals surface area contributed by atoms with Crippen LogP contribution in [0, 0.1) is 10.1 Å². The number of nitro benzene ring substituents is 1. The van der Waals surface area contributed by atoms with Crippen molar-refractivity contribution in [1.29, 1.82) is 0 Å². The number of nitrogens with zero attached hydrogens (tertiary/aromatic N) is 1. The zero-order valence-corrected chi connectivity index (χ0v) is 9.11. The van der Waals surface area contributed by atoms with E-state index < -0.39 is 11.1 Å². The third kappa shape index (κ3) is 4.47. The summed E-state index contributed by atoms with van der Waals surface area (Å²) in [5, 5.41) is 10.4. The van der Waals surface area contributed by atoms with Gasteiger partial charge >= 0.3 is 12.6 Å². The lowest BCUT2D eigenvalue weighted by Gasteiger charge is -2.02. The molecule has 8 nitrogen and oxygen atoms in total. The third-order valence-corrected chi connectivity index (χ3v) is 1.91. The van der Waals surface area contributed by atoms with Gasteiger partial charge in [-0.15, -0.1) is 0 Å². The average Bonchev–Trinajstić information content (AvgIpc) is 2.37. The van der Waals surface area contributed by atoms with Crippen LogP contribution in [-0.2, 0) is 25.7 Å². The minimum absolute atomic E-state index is 0.00113. The summed E-state index contributed by atoms with van der Waals surface area (Å²) >= 11 is 0. The summed E-state index contributed by atoms with van der Waals surface area (Å²) in [4.78, 5) is 37.9. The number of nitro groups is 1. The van der Waals surface area contributed by atoms with E-state index in [9.17, 15) is 19.7 Å². The van der Waals surface area contributed by atoms with Gasteiger partial charge in [-0.3, -0.25) is 14.9 Å². The lowest BCUT2D eigenvalue weighted by atomic mass is 10.1. The zero-order chi connectivity index (χ0) is 13.4. The van der Waals surface area contributed by atoms with E-state index in [2.05, 4.69) is 14.5 Å². The minimum atomic E-state index is -1.14. The quantitative estimate of drug-likeness (QED) is 0.248. The molecule has 0 atom stereocenters. The van der Waals surface area contributed by atoms with E-state index in [1.54, 1.807) is 12.1 Å². The predicted octanol–water partition coefficient (Wildman–Crippen LogP) is 1.38. The molecule has 0 spiro atoms. The van der Waals surface area contributed by atoms with Crippen molar-refractivity contribution in [3.05, 3.63) is 39.9 Å². The van der Waals surface area contributed by atoms with Crippen molar-refractivity contribution in [2.75, 3.05) is 6.61 Å². The lowest BCUT2D eigenvalue weighted by molar-refractivity contribution is -0.384. The summed E-state index contributed by atoms with van der Waals surface area (Å²) in [6, 6.07) is 5.80. The summed E-state index contributed by atoms with van der Waals surface area (Å²) in [6.45, 7) is -0.0591. The van der Waals surface area contributed by atoms with Gasteiger partial charge in [0, 0.05) is 18.6 Å². The first-order valence-corrected chi connectivity index (χ1v) is 4.80. The normalized spacial score (nSPS) is 9.33. The van der Waals surface area contributed by atoms with Crippen molar-refractivity contribution in [2.24, 2.45) is 0 Å². The minimum Gasteiger partial charge on any atom is -0.431 e. The largest absolute Gasteiger partial charge is 0.549 e. The SMILES string of the molecule is O=COOC(=O)OCCc1ccc([N+](=O)[O-])cc1. The molecule has 96 valence electrons. The summed E-state index contributed by atoms with van der Waals surface area (Å²) in [5.74, 6) is 0. The Morgan fingerprint density at radius 2 is 2.00 bits per heavy atom. The van der Waals surface area contributed by atoms with Crippen molar-refractivity contribution in [3.8, 4) is 0 Å². The summed E-state index contributed by atoms with van der Waals surface area (Å²) in [5.41, 5.74) is 0.739. The highest BCUT2D eigenvalue weighted by molar-refractivity contribution is 5.59. The van der Waals surface area contributed by atoms with Crippen LogP contribution in [0.2, 0.25) is 0 Å². The Hall–Kier alpha value is -2.64. The molecule has 0 amide bonds. The Morgan fingerprint density at radius 3 is 2.56 bits per heavy atom. The number of carbonyl (C=O) groups excluding carboxylic acids is 2. The molecule has 1 aromatic carbocycles. The van der Waals surface area contributed by atoms with Crippen LogP contribution in [0.15, 0.2) is 24.3 Å². The van der Waals surface area contributed by atoms with E-state index in [0.29, 0.717) is 6.42 Å². The molecule has 1 rings (SSSR count). The maximum atomic E-state index is 10.7. The first kappa shape index (κ1) is 13.4. The molecule has 0 aromatic heterocycles. The predicted molar refractivity (Wildman–Crippen MR) is 56.4 cm³/mol. The maximum Gasteiger partial charge on any atom is 0.549 e. The summed E-state index contributed by atoms with van der Waals surface area (Å²) in [6.07, 6.45) is -0.780. The summed E-state index contributed by atoms with van der Waals surface area (Å²) < 4.78 is 4.55. The van der Waals surface area contributed by atoms with E-state index in [1.165, 1.54) is 12.1 Å². The number of ether oxygens (including phenoxy) is 1. The molecule has 0 aliphatic heterocycles. The second kappa shape index (κ2) is 6.84. The van der Waals surface area contributed by atoms with Crippen molar-refractivity contribution in [3.63, 3.8) is 0 Å². The fourth-order valence-electron chi connectivity index (χ4n) is 1.12. The molecule has 1 aromatic rings. The van der Waals surface area contributed by atoms with Gasteiger partial charge in [0.1, 0.15) is 0 Å². The number of carbonyl (C=O) groups is 2. The van der Waals surface area contributed by atoms with Gasteiger partial charge in [-0.1, -0.05) is 12.1 Å². The van der Waals surface area contributed by atoms with Crippen molar-refractivity contribution >= 4 is 18.3 Å². The fourth-order valence-corrected chi connectivity index (χ4v) is 1.12. The molecule has 0 bridgehead atoms. The van der Waals surface area contributed by atoms with E-state index in [4.69, 9.17) is 0 Å². The Kier molecular flexibility index (Phi) is 5.10. The standard InChI is InChI=1S/C10H9NO7/c12-7-17-18-10(13)16-6-5-8-1-3-9(4-2-8)11(14)15/h1-4,7H,5-6H2. The van der Waals surface area contributed by atoms with E-state index >= 15 is 0 Å². The molecule has 0 N–H and O–H groups in total. The van der Waals surface area contributed by atoms with Crippen LogP contribution in [-0.4, -0.2) is 24.2 Å². The smallest absolute Gasteiger partial charge is 0.431 e. The average molecular weight is 255 g/mol. The van der Waals surface area contributed by atoms with Gasteiger partial charge in [-0.2, -0.15) is 4.79 Å². The molecule has 0 fully saturated rings. The fraction of sp³-hybridized carbons (Fsp3) is 0.200. The Labute approximate surface area is 101 Å². The second-order valence-corrected chi connectivity index (χ2v) is 3.05. The number of benzene rings is 1. The van der Waals surface area contributed by atoms with Crippen LogP contribution in [0.3, 0.4) is 0 Å². The van der Waals surface area contributed by atoms with Gasteiger partial charge in [-0.25, -0.2) is 9.78 Å². The molecule has 8 heteroatoms. The van der Waals surface area contributed by atoms with Crippen LogP contribution in [0.1, 0.15) is 5.56 Å². The Bertz CT molecular complexity index is 428. The lowest BCUT2D eigenvalue weighted by Crippen LogP contribution is -2.09. The molecule has 0 radical (unpaired) electrons. The zero-order valence-electron chi connectivity index (χ0n) is 9.11. The summed E-state index contributed by atoms with van der Waals surface area (Å²) in [7, 11) is 0. The molecular formula is C10H9NO7. The molecule has 0 heterocycles. The van der Waals surface area contributed by atoms with Crippen LogP contribution in [0.5, 0.6) is 0 Å². The van der Waals surface area contributed by atoms with Gasteiger partial charge < -0.3 is 4.74 Å². The van der Waals surface area contributed by atoms with E-state index in [-0.39, 0.29) is 18.8 Å². The monoisotopic (exact) mass is 255 g/mol. The van der Waals surface area contributed by atoms with Crippen LogP contribution < -0.4 is 0 Å². The molecule has 0 unspecified atom stereocenters. The molecule has 18 heavy (non-hydrogen) atoms. The van der Waals surface area contributed by atoms with Crippen LogP contribution in [0.25, 0.3) is 0 Å². The molecule has 0 saturated heterocycles.